The number of aryl methyl sites for hydroxylation is 1. The van der Waals surface area contributed by atoms with Gasteiger partial charge in [-0.2, -0.15) is 0 Å². The number of nitrogens with zero attached hydrogens (tertiary/aromatic N) is 1. The molecule has 3 aromatic rings. The molecule has 0 bridgehead atoms. The number of anilines is 1. The number of sulfonamides is 1. The van der Waals surface area contributed by atoms with Gasteiger partial charge in [-0.25, -0.2) is 8.42 Å². The Kier molecular flexibility index (Phi) is 7.20. The van der Waals surface area contributed by atoms with Gasteiger partial charge in [0.2, 0.25) is 0 Å². The summed E-state index contributed by atoms with van der Waals surface area (Å²) >= 11 is 0. The number of rotatable bonds is 8. The molecule has 0 saturated carbocycles. The molecule has 1 N–H and O–H groups in total. The predicted molar refractivity (Wildman–Crippen MR) is 127 cm³/mol. The average Bonchev–Trinajstić information content (AvgIpc) is 2.80. The highest BCUT2D eigenvalue weighted by Crippen LogP contribution is 2.23. The van der Waals surface area contributed by atoms with Crippen LogP contribution in [0.3, 0.4) is 0 Å². The van der Waals surface area contributed by atoms with Crippen LogP contribution in [0.2, 0.25) is 0 Å². The number of methoxy groups -OCH3 is 1. The minimum atomic E-state index is -3.76. The third-order valence-electron chi connectivity index (χ3n) is 5.46. The summed E-state index contributed by atoms with van der Waals surface area (Å²) in [5, 5.41) is 0. The van der Waals surface area contributed by atoms with Crippen LogP contribution in [0.15, 0.2) is 71.6 Å². The average molecular weight is 453 g/mol. The number of hydrogen-bond donors (Lipinski definition) is 1. The number of nitrogens with one attached hydrogen (secondary N) is 1. The monoisotopic (exact) mass is 452 g/mol. The Morgan fingerprint density at radius 2 is 1.62 bits per heavy atom. The molecule has 1 amide bonds. The van der Waals surface area contributed by atoms with Gasteiger partial charge in [-0.1, -0.05) is 24.3 Å². The molecule has 0 aliphatic carbocycles. The van der Waals surface area contributed by atoms with Crippen molar-refractivity contribution in [2.45, 2.75) is 32.2 Å². The molecule has 0 aromatic heterocycles. The van der Waals surface area contributed by atoms with Crippen molar-refractivity contribution in [1.29, 1.82) is 0 Å². The van der Waals surface area contributed by atoms with Crippen LogP contribution >= 0.6 is 0 Å². The fourth-order valence-corrected chi connectivity index (χ4v) is 4.43. The van der Waals surface area contributed by atoms with Crippen molar-refractivity contribution < 1.29 is 17.9 Å². The van der Waals surface area contributed by atoms with Crippen molar-refractivity contribution in [2.24, 2.45) is 0 Å². The van der Waals surface area contributed by atoms with Gasteiger partial charge in [0, 0.05) is 18.7 Å². The van der Waals surface area contributed by atoms with E-state index >= 15 is 0 Å². The molecule has 0 radical (unpaired) electrons. The van der Waals surface area contributed by atoms with E-state index in [1.807, 2.05) is 57.2 Å². The number of carbonyl (C=O) groups excluding carboxylic acids is 1. The lowest BCUT2D eigenvalue weighted by atomic mass is 10.1. The van der Waals surface area contributed by atoms with Gasteiger partial charge < -0.3 is 9.64 Å². The molecule has 0 unspecified atom stereocenters. The van der Waals surface area contributed by atoms with Gasteiger partial charge in [0.15, 0.2) is 0 Å². The summed E-state index contributed by atoms with van der Waals surface area (Å²) in [5.41, 5.74) is 3.84. The number of ether oxygens (including phenoxy) is 1. The topological polar surface area (TPSA) is 75.7 Å². The van der Waals surface area contributed by atoms with E-state index < -0.39 is 10.0 Å². The van der Waals surface area contributed by atoms with Crippen LogP contribution in [0.5, 0.6) is 5.75 Å². The molecule has 32 heavy (non-hydrogen) atoms. The Morgan fingerprint density at radius 1 is 0.969 bits per heavy atom. The lowest BCUT2D eigenvalue weighted by Crippen LogP contribution is -2.30. The first-order chi connectivity index (χ1) is 15.2. The molecule has 0 fully saturated rings. The minimum Gasteiger partial charge on any atom is -0.497 e. The maximum absolute atomic E-state index is 13.0. The molecule has 168 valence electrons. The maximum atomic E-state index is 13.0. The van der Waals surface area contributed by atoms with Gasteiger partial charge in [-0.15, -0.1) is 0 Å². The van der Waals surface area contributed by atoms with Crippen LogP contribution < -0.4 is 9.46 Å². The van der Waals surface area contributed by atoms with Gasteiger partial charge >= 0.3 is 0 Å². The van der Waals surface area contributed by atoms with E-state index in [0.29, 0.717) is 24.3 Å². The zero-order chi connectivity index (χ0) is 23.3. The lowest BCUT2D eigenvalue weighted by molar-refractivity contribution is 0.0752. The second-order valence-corrected chi connectivity index (χ2v) is 9.23. The molecule has 3 rings (SSSR count). The first-order valence-electron chi connectivity index (χ1n) is 10.4. The van der Waals surface area contributed by atoms with E-state index in [1.165, 1.54) is 12.1 Å². The van der Waals surface area contributed by atoms with Crippen LogP contribution in [-0.2, 0) is 16.6 Å². The Labute approximate surface area is 189 Å². The molecule has 0 atom stereocenters. The smallest absolute Gasteiger partial charge is 0.261 e. The van der Waals surface area contributed by atoms with Crippen molar-refractivity contribution in [1.82, 2.24) is 4.90 Å². The first-order valence-corrected chi connectivity index (χ1v) is 11.8. The highest BCUT2D eigenvalue weighted by atomic mass is 32.2. The molecule has 3 aromatic carbocycles. The number of hydrogen-bond acceptors (Lipinski definition) is 4. The van der Waals surface area contributed by atoms with Crippen LogP contribution in [0.1, 0.15) is 34.0 Å². The first kappa shape index (κ1) is 23.3. The second-order valence-electron chi connectivity index (χ2n) is 7.54. The normalized spacial score (nSPS) is 11.1. The predicted octanol–water partition coefficient (Wildman–Crippen LogP) is 4.78. The molecule has 0 aliphatic rings. The van der Waals surface area contributed by atoms with E-state index in [4.69, 9.17) is 4.74 Å². The summed E-state index contributed by atoms with van der Waals surface area (Å²) < 4.78 is 33.4. The number of carbonyl (C=O) groups is 1. The quantitative estimate of drug-likeness (QED) is 0.534. The van der Waals surface area contributed by atoms with E-state index in [1.54, 1.807) is 30.2 Å². The van der Waals surface area contributed by atoms with Crippen molar-refractivity contribution in [3.05, 3.63) is 89.0 Å². The molecule has 7 heteroatoms. The Hall–Kier alpha value is -3.32. The zero-order valence-corrected chi connectivity index (χ0v) is 19.6. The Bertz CT molecular complexity index is 1190. The molecule has 6 nitrogen and oxygen atoms in total. The van der Waals surface area contributed by atoms with Gasteiger partial charge in [-0.3, -0.25) is 9.52 Å². The summed E-state index contributed by atoms with van der Waals surface area (Å²) in [7, 11) is -2.15. The second kappa shape index (κ2) is 9.87. The lowest BCUT2D eigenvalue weighted by Gasteiger charge is -2.21. The fourth-order valence-electron chi connectivity index (χ4n) is 3.30. The van der Waals surface area contributed by atoms with Gasteiger partial charge in [0.05, 0.1) is 17.7 Å². The van der Waals surface area contributed by atoms with E-state index in [2.05, 4.69) is 4.72 Å². The number of amides is 1. The van der Waals surface area contributed by atoms with Crippen LogP contribution in [0.4, 0.5) is 5.69 Å². The Morgan fingerprint density at radius 3 is 2.22 bits per heavy atom. The van der Waals surface area contributed by atoms with E-state index in [0.717, 1.165) is 22.4 Å². The van der Waals surface area contributed by atoms with Crippen LogP contribution in [0.25, 0.3) is 0 Å². The minimum absolute atomic E-state index is 0.105. The summed E-state index contributed by atoms with van der Waals surface area (Å²) in [6, 6.07) is 19.1. The molecular weight excluding hydrogens is 424 g/mol. The summed E-state index contributed by atoms with van der Waals surface area (Å²) in [6.45, 7) is 6.69. The van der Waals surface area contributed by atoms with Crippen molar-refractivity contribution in [3.8, 4) is 5.75 Å². The molecule has 0 spiro atoms. The highest BCUT2D eigenvalue weighted by Gasteiger charge is 2.19. The molecule has 0 saturated heterocycles. The molecule has 0 heterocycles. The fraction of sp³-hybridized carbons (Fsp3) is 0.240. The van der Waals surface area contributed by atoms with Gasteiger partial charge in [-0.05, 0) is 79.9 Å². The molecule has 0 aliphatic heterocycles. The molecular formula is C25H28N2O4S. The zero-order valence-electron chi connectivity index (χ0n) is 18.8. The third kappa shape index (κ3) is 5.29. The van der Waals surface area contributed by atoms with Gasteiger partial charge in [0.1, 0.15) is 5.75 Å². The number of benzene rings is 3. The largest absolute Gasteiger partial charge is 0.497 e. The maximum Gasteiger partial charge on any atom is 0.261 e. The SMILES string of the molecule is CCN(Cc1ccc(OC)cc1)C(=O)c1ccc(S(=O)(=O)Nc2cccc(C)c2C)cc1. The van der Waals surface area contributed by atoms with Crippen molar-refractivity contribution in [3.63, 3.8) is 0 Å². The summed E-state index contributed by atoms with van der Waals surface area (Å²) in [5.74, 6) is 0.601. The summed E-state index contributed by atoms with van der Waals surface area (Å²) in [6.07, 6.45) is 0. The van der Waals surface area contributed by atoms with Crippen LogP contribution in [-0.4, -0.2) is 32.9 Å². The van der Waals surface area contributed by atoms with Gasteiger partial charge in [0.25, 0.3) is 15.9 Å². The van der Waals surface area contributed by atoms with E-state index in [9.17, 15) is 13.2 Å². The summed E-state index contributed by atoms with van der Waals surface area (Å²) in [4.78, 5) is 14.8. The van der Waals surface area contributed by atoms with Crippen LogP contribution in [0, 0.1) is 13.8 Å². The Balaban J connectivity index is 1.75. The standard InChI is InChI=1S/C25H28N2O4S/c1-5-27(17-20-9-13-22(31-4)14-10-20)25(28)21-11-15-23(16-12-21)32(29,30)26-24-8-6-7-18(2)19(24)3/h6-16,26H,5,17H2,1-4H3. The van der Waals surface area contributed by atoms with Crippen molar-refractivity contribution >= 4 is 21.6 Å². The third-order valence-corrected chi connectivity index (χ3v) is 6.84. The van der Waals surface area contributed by atoms with E-state index in [-0.39, 0.29) is 10.8 Å². The van der Waals surface area contributed by atoms with Crippen molar-refractivity contribution in [2.75, 3.05) is 18.4 Å². The highest BCUT2D eigenvalue weighted by molar-refractivity contribution is 7.92.